The molecule has 3 unspecified atom stereocenters. The molecule has 132 valence electrons. The predicted molar refractivity (Wildman–Crippen MR) is 81.5 cm³/mol. The van der Waals surface area contributed by atoms with Crippen molar-refractivity contribution in [3.63, 3.8) is 0 Å². The minimum Gasteiger partial charge on any atom is -0.476 e. The first-order chi connectivity index (χ1) is 12.0. The fourth-order valence-electron chi connectivity index (χ4n) is 3.69. The van der Waals surface area contributed by atoms with Crippen molar-refractivity contribution in [3.8, 4) is 0 Å². The molecule has 3 atom stereocenters. The lowest BCUT2D eigenvalue weighted by molar-refractivity contribution is 0.0684. The van der Waals surface area contributed by atoms with E-state index in [1.165, 1.54) is 10.7 Å². The van der Waals surface area contributed by atoms with Gasteiger partial charge in [0.05, 0.1) is 12.6 Å². The van der Waals surface area contributed by atoms with E-state index in [0.717, 1.165) is 17.8 Å². The number of rotatable bonds is 3. The van der Waals surface area contributed by atoms with Crippen LogP contribution in [0, 0.1) is 17.6 Å². The summed E-state index contributed by atoms with van der Waals surface area (Å²) >= 11 is 0. The Bertz CT molecular complexity index is 854. The molecule has 0 saturated carbocycles. The summed E-state index contributed by atoms with van der Waals surface area (Å²) in [6.45, 7) is 0.139. The Morgan fingerprint density at radius 3 is 2.84 bits per heavy atom. The highest BCUT2D eigenvalue weighted by atomic mass is 19.2. The Hall–Kier alpha value is -2.36. The third-order valence-electron chi connectivity index (χ3n) is 4.86. The van der Waals surface area contributed by atoms with E-state index in [1.807, 2.05) is 0 Å². The number of nitrogens with zero attached hydrogens (tertiary/aromatic N) is 2. The van der Waals surface area contributed by atoms with E-state index < -0.39 is 23.8 Å². The molecule has 1 saturated heterocycles. The van der Waals surface area contributed by atoms with Crippen LogP contribution in [0.4, 0.5) is 8.78 Å². The van der Waals surface area contributed by atoms with Crippen molar-refractivity contribution in [2.24, 2.45) is 5.92 Å². The number of aromatic carboxylic acids is 1. The van der Waals surface area contributed by atoms with Gasteiger partial charge in [0.2, 0.25) is 0 Å². The molecule has 2 aliphatic rings. The first kappa shape index (κ1) is 16.1. The summed E-state index contributed by atoms with van der Waals surface area (Å²) in [6, 6.07) is 3.20. The predicted octanol–water partition coefficient (Wildman–Crippen LogP) is 0.938. The fourth-order valence-corrected chi connectivity index (χ4v) is 3.69. The van der Waals surface area contributed by atoms with Gasteiger partial charge in [-0.15, -0.1) is 0 Å². The smallest absolute Gasteiger partial charge is 0.356 e. The minimum absolute atomic E-state index is 0.0873. The number of halogens is 2. The topological polar surface area (TPSA) is 99.4 Å². The molecule has 7 nitrogen and oxygen atoms in total. The zero-order valence-electron chi connectivity index (χ0n) is 13.0. The first-order valence-corrected chi connectivity index (χ1v) is 7.91. The molecule has 2 aromatic rings. The monoisotopic (exact) mass is 350 g/mol. The number of aliphatic hydroxyl groups excluding tert-OH is 1. The van der Waals surface area contributed by atoms with Crippen molar-refractivity contribution in [3.05, 3.63) is 52.3 Å². The Morgan fingerprint density at radius 1 is 1.32 bits per heavy atom. The number of benzene rings is 1. The van der Waals surface area contributed by atoms with Crippen molar-refractivity contribution in [1.82, 2.24) is 20.6 Å². The molecule has 1 aliphatic carbocycles. The molecule has 2 heterocycles. The van der Waals surface area contributed by atoms with Gasteiger partial charge >= 0.3 is 5.97 Å². The van der Waals surface area contributed by atoms with Gasteiger partial charge in [0.1, 0.15) is 6.23 Å². The molecular formula is C16H16F2N4O3. The Balaban J connectivity index is 1.75. The SMILES string of the molecule is O=C(O)c1nn(Cc2ccc(F)c(F)c2)c2c1C1NNC(O)C1CC2. The highest BCUT2D eigenvalue weighted by Gasteiger charge is 2.43. The molecule has 1 aromatic carbocycles. The van der Waals surface area contributed by atoms with E-state index in [-0.39, 0.29) is 24.2 Å². The van der Waals surface area contributed by atoms with Gasteiger partial charge in [-0.1, -0.05) is 6.07 Å². The van der Waals surface area contributed by atoms with Gasteiger partial charge in [-0.2, -0.15) is 5.10 Å². The summed E-state index contributed by atoms with van der Waals surface area (Å²) in [5.41, 5.74) is 7.32. The van der Waals surface area contributed by atoms with E-state index in [1.54, 1.807) is 0 Å². The molecule has 4 N–H and O–H groups in total. The molecular weight excluding hydrogens is 334 g/mol. The van der Waals surface area contributed by atoms with Gasteiger partial charge in [-0.3, -0.25) is 4.68 Å². The largest absolute Gasteiger partial charge is 0.476 e. The third-order valence-corrected chi connectivity index (χ3v) is 4.86. The molecule has 0 bridgehead atoms. The van der Waals surface area contributed by atoms with Crippen molar-refractivity contribution in [2.75, 3.05) is 0 Å². The number of hydrogen-bond donors (Lipinski definition) is 4. The molecule has 0 amide bonds. The second-order valence-corrected chi connectivity index (χ2v) is 6.33. The number of aromatic nitrogens is 2. The van der Waals surface area contributed by atoms with Crippen molar-refractivity contribution < 1.29 is 23.8 Å². The molecule has 4 rings (SSSR count). The fraction of sp³-hybridized carbons (Fsp3) is 0.375. The van der Waals surface area contributed by atoms with Crippen LogP contribution >= 0.6 is 0 Å². The zero-order valence-corrected chi connectivity index (χ0v) is 13.0. The van der Waals surface area contributed by atoms with Crippen molar-refractivity contribution in [2.45, 2.75) is 31.7 Å². The number of aliphatic hydroxyl groups is 1. The van der Waals surface area contributed by atoms with Crippen LogP contribution in [0.3, 0.4) is 0 Å². The average molecular weight is 350 g/mol. The molecule has 1 aromatic heterocycles. The molecule has 0 spiro atoms. The zero-order chi connectivity index (χ0) is 17.7. The van der Waals surface area contributed by atoms with E-state index in [4.69, 9.17) is 0 Å². The second kappa shape index (κ2) is 5.87. The maximum absolute atomic E-state index is 13.4. The Morgan fingerprint density at radius 2 is 2.12 bits per heavy atom. The summed E-state index contributed by atoms with van der Waals surface area (Å²) < 4.78 is 28.0. The van der Waals surface area contributed by atoms with Crippen molar-refractivity contribution >= 4 is 5.97 Å². The van der Waals surface area contributed by atoms with Gasteiger partial charge in [0.15, 0.2) is 17.3 Å². The standard InChI is InChI=1S/C16H16F2N4O3/c17-9-3-1-7(5-10(9)18)6-22-11-4-2-8-13(19-20-15(8)23)12(11)14(21-22)16(24)25/h1,3,5,8,13,15,19-20,23H,2,4,6H2,(H,24,25). The number of nitrogens with one attached hydrogen (secondary N) is 2. The Labute approximate surface area is 141 Å². The summed E-state index contributed by atoms with van der Waals surface area (Å²) in [4.78, 5) is 11.6. The maximum atomic E-state index is 13.4. The van der Waals surface area contributed by atoms with Crippen LogP contribution in [0.15, 0.2) is 18.2 Å². The normalized spacial score (nSPS) is 24.8. The minimum atomic E-state index is -1.16. The highest BCUT2D eigenvalue weighted by molar-refractivity contribution is 5.87. The number of carbonyl (C=O) groups is 1. The molecule has 25 heavy (non-hydrogen) atoms. The summed E-state index contributed by atoms with van der Waals surface area (Å²) in [5, 5.41) is 23.6. The molecule has 1 fully saturated rings. The van der Waals surface area contributed by atoms with Crippen LogP contribution in [0.2, 0.25) is 0 Å². The van der Waals surface area contributed by atoms with Gasteiger partial charge in [0.25, 0.3) is 0 Å². The van der Waals surface area contributed by atoms with E-state index in [0.29, 0.717) is 24.0 Å². The molecule has 1 aliphatic heterocycles. The highest BCUT2D eigenvalue weighted by Crippen LogP contribution is 2.40. The van der Waals surface area contributed by atoms with Crippen LogP contribution in [0.25, 0.3) is 0 Å². The van der Waals surface area contributed by atoms with Crippen LogP contribution in [0.5, 0.6) is 0 Å². The number of fused-ring (bicyclic) bond motifs is 3. The number of hydrogen-bond acceptors (Lipinski definition) is 5. The first-order valence-electron chi connectivity index (χ1n) is 7.91. The van der Waals surface area contributed by atoms with Crippen LogP contribution < -0.4 is 10.9 Å². The van der Waals surface area contributed by atoms with E-state index >= 15 is 0 Å². The van der Waals surface area contributed by atoms with Gasteiger partial charge < -0.3 is 10.2 Å². The Kier molecular flexibility index (Phi) is 3.78. The second-order valence-electron chi connectivity index (χ2n) is 6.33. The van der Waals surface area contributed by atoms with E-state index in [9.17, 15) is 23.8 Å². The van der Waals surface area contributed by atoms with Gasteiger partial charge in [0, 0.05) is 17.2 Å². The summed E-state index contributed by atoms with van der Waals surface area (Å²) in [7, 11) is 0. The number of carboxylic acid groups (broad SMARTS) is 1. The summed E-state index contributed by atoms with van der Waals surface area (Å²) in [5.74, 6) is -3.20. The third kappa shape index (κ3) is 2.60. The van der Waals surface area contributed by atoms with Crippen LogP contribution in [0.1, 0.15) is 39.8 Å². The molecule has 0 radical (unpaired) electrons. The lowest BCUT2D eigenvalue weighted by atomic mass is 9.82. The lowest BCUT2D eigenvalue weighted by Gasteiger charge is -2.26. The lowest BCUT2D eigenvalue weighted by Crippen LogP contribution is -2.31. The van der Waals surface area contributed by atoms with Crippen LogP contribution in [-0.4, -0.2) is 32.2 Å². The van der Waals surface area contributed by atoms with Gasteiger partial charge in [-0.25, -0.2) is 24.4 Å². The molecule has 9 heteroatoms. The van der Waals surface area contributed by atoms with Gasteiger partial charge in [-0.05, 0) is 30.5 Å². The van der Waals surface area contributed by atoms with Crippen LogP contribution in [-0.2, 0) is 13.0 Å². The van der Waals surface area contributed by atoms with E-state index in [2.05, 4.69) is 16.0 Å². The average Bonchev–Trinajstić information content (AvgIpc) is 3.12. The van der Waals surface area contributed by atoms with Crippen molar-refractivity contribution in [1.29, 1.82) is 0 Å². The summed E-state index contributed by atoms with van der Waals surface area (Å²) in [6.07, 6.45) is 0.441. The quantitative estimate of drug-likeness (QED) is 0.658. The number of hydrazine groups is 1. The number of carboxylic acids is 1. The maximum Gasteiger partial charge on any atom is 0.356 e.